The zero-order chi connectivity index (χ0) is 16.1. The third-order valence-electron chi connectivity index (χ3n) is 5.20. The third-order valence-corrected chi connectivity index (χ3v) is 5.20. The Hall–Kier alpha value is -1.39. The monoisotopic (exact) mass is 315 g/mol. The SMILES string of the molecule is C[C@@H]1CN(Cc2ccccc2)CCN1C(=O)CC1CCNCC1. The second kappa shape index (κ2) is 7.93. The van der Waals surface area contributed by atoms with E-state index >= 15 is 0 Å². The van der Waals surface area contributed by atoms with Crippen molar-refractivity contribution < 1.29 is 4.79 Å². The summed E-state index contributed by atoms with van der Waals surface area (Å²) < 4.78 is 0. The maximum Gasteiger partial charge on any atom is 0.223 e. The van der Waals surface area contributed by atoms with E-state index in [-0.39, 0.29) is 0 Å². The molecule has 2 aliphatic heterocycles. The molecule has 0 radical (unpaired) electrons. The predicted molar refractivity (Wildman–Crippen MR) is 93.1 cm³/mol. The lowest BCUT2D eigenvalue weighted by Gasteiger charge is -2.40. The normalized spacial score (nSPS) is 23.9. The molecule has 2 fully saturated rings. The molecule has 3 rings (SSSR count). The van der Waals surface area contributed by atoms with Gasteiger partial charge in [-0.25, -0.2) is 0 Å². The summed E-state index contributed by atoms with van der Waals surface area (Å²) in [5, 5.41) is 3.37. The van der Waals surface area contributed by atoms with Gasteiger partial charge in [0.1, 0.15) is 0 Å². The maximum atomic E-state index is 12.6. The number of rotatable bonds is 4. The van der Waals surface area contributed by atoms with Crippen LogP contribution in [0.5, 0.6) is 0 Å². The van der Waals surface area contributed by atoms with Crippen LogP contribution in [-0.4, -0.2) is 54.5 Å². The van der Waals surface area contributed by atoms with Crippen LogP contribution in [0.3, 0.4) is 0 Å². The van der Waals surface area contributed by atoms with Crippen molar-refractivity contribution in [1.29, 1.82) is 0 Å². The molecule has 2 heterocycles. The van der Waals surface area contributed by atoms with Crippen molar-refractivity contribution in [3.63, 3.8) is 0 Å². The van der Waals surface area contributed by atoms with Gasteiger partial charge in [-0.1, -0.05) is 30.3 Å². The average molecular weight is 315 g/mol. The highest BCUT2D eigenvalue weighted by Gasteiger charge is 2.29. The van der Waals surface area contributed by atoms with Crippen LogP contribution in [-0.2, 0) is 11.3 Å². The summed E-state index contributed by atoms with van der Waals surface area (Å²) in [6.45, 7) is 8.15. The highest BCUT2D eigenvalue weighted by molar-refractivity contribution is 5.77. The summed E-state index contributed by atoms with van der Waals surface area (Å²) in [6, 6.07) is 10.9. The number of hydrogen-bond donors (Lipinski definition) is 1. The summed E-state index contributed by atoms with van der Waals surface area (Å²) in [7, 11) is 0. The number of nitrogens with one attached hydrogen (secondary N) is 1. The smallest absolute Gasteiger partial charge is 0.223 e. The van der Waals surface area contributed by atoms with Crippen molar-refractivity contribution in [3.05, 3.63) is 35.9 Å². The third kappa shape index (κ3) is 4.55. The van der Waals surface area contributed by atoms with E-state index in [4.69, 9.17) is 0 Å². The van der Waals surface area contributed by atoms with Crippen LogP contribution >= 0.6 is 0 Å². The fraction of sp³-hybridized carbons (Fsp3) is 0.632. The number of carbonyl (C=O) groups is 1. The van der Waals surface area contributed by atoms with Crippen molar-refractivity contribution in [2.45, 2.75) is 38.8 Å². The average Bonchev–Trinajstić information content (AvgIpc) is 2.57. The van der Waals surface area contributed by atoms with Gasteiger partial charge >= 0.3 is 0 Å². The molecule has 2 saturated heterocycles. The Bertz CT molecular complexity index is 499. The van der Waals surface area contributed by atoms with E-state index in [0.29, 0.717) is 17.9 Å². The molecule has 1 N–H and O–H groups in total. The van der Waals surface area contributed by atoms with Gasteiger partial charge in [0.2, 0.25) is 5.91 Å². The van der Waals surface area contributed by atoms with Gasteiger partial charge in [-0.3, -0.25) is 9.69 Å². The first-order valence-corrected chi connectivity index (χ1v) is 8.99. The molecular weight excluding hydrogens is 286 g/mol. The van der Waals surface area contributed by atoms with E-state index in [0.717, 1.165) is 58.5 Å². The lowest BCUT2D eigenvalue weighted by Crippen LogP contribution is -2.54. The number of amides is 1. The van der Waals surface area contributed by atoms with E-state index < -0.39 is 0 Å². The van der Waals surface area contributed by atoms with Crippen LogP contribution in [0.15, 0.2) is 30.3 Å². The van der Waals surface area contributed by atoms with Gasteiger partial charge in [0.25, 0.3) is 0 Å². The summed E-state index contributed by atoms with van der Waals surface area (Å²) in [5.74, 6) is 0.946. The molecule has 23 heavy (non-hydrogen) atoms. The second-order valence-electron chi connectivity index (χ2n) is 7.05. The van der Waals surface area contributed by atoms with Crippen LogP contribution < -0.4 is 5.32 Å². The molecule has 1 amide bonds. The Morgan fingerprint density at radius 2 is 1.91 bits per heavy atom. The van der Waals surface area contributed by atoms with Crippen LogP contribution in [0.1, 0.15) is 31.7 Å². The zero-order valence-corrected chi connectivity index (χ0v) is 14.2. The number of piperidine rings is 1. The van der Waals surface area contributed by atoms with Crippen LogP contribution in [0.2, 0.25) is 0 Å². The fourth-order valence-corrected chi connectivity index (χ4v) is 3.84. The summed E-state index contributed by atoms with van der Waals surface area (Å²) >= 11 is 0. The van der Waals surface area contributed by atoms with Crippen molar-refractivity contribution in [3.8, 4) is 0 Å². The summed E-state index contributed by atoms with van der Waals surface area (Å²) in [4.78, 5) is 17.2. The van der Waals surface area contributed by atoms with Crippen molar-refractivity contribution in [2.24, 2.45) is 5.92 Å². The molecule has 2 aliphatic rings. The van der Waals surface area contributed by atoms with Gasteiger partial charge in [0, 0.05) is 38.6 Å². The Morgan fingerprint density at radius 1 is 1.17 bits per heavy atom. The topological polar surface area (TPSA) is 35.6 Å². The summed E-state index contributed by atoms with van der Waals surface area (Å²) in [6.07, 6.45) is 3.03. The number of piperazine rings is 1. The van der Waals surface area contributed by atoms with Crippen LogP contribution in [0.25, 0.3) is 0 Å². The number of benzene rings is 1. The maximum absolute atomic E-state index is 12.6. The van der Waals surface area contributed by atoms with Gasteiger partial charge in [0.05, 0.1) is 0 Å². The molecule has 4 nitrogen and oxygen atoms in total. The molecule has 0 spiro atoms. The molecule has 0 saturated carbocycles. The quantitative estimate of drug-likeness (QED) is 0.924. The van der Waals surface area contributed by atoms with Crippen LogP contribution in [0.4, 0.5) is 0 Å². The number of nitrogens with zero attached hydrogens (tertiary/aromatic N) is 2. The second-order valence-corrected chi connectivity index (χ2v) is 7.05. The highest BCUT2D eigenvalue weighted by atomic mass is 16.2. The Kier molecular flexibility index (Phi) is 5.68. The number of hydrogen-bond acceptors (Lipinski definition) is 3. The minimum absolute atomic E-state index is 0.321. The minimum atomic E-state index is 0.321. The molecule has 0 unspecified atom stereocenters. The van der Waals surface area contributed by atoms with Gasteiger partial charge < -0.3 is 10.2 Å². The molecule has 1 aromatic carbocycles. The molecule has 0 bridgehead atoms. The van der Waals surface area contributed by atoms with Gasteiger partial charge in [0.15, 0.2) is 0 Å². The summed E-state index contributed by atoms with van der Waals surface area (Å²) in [5.41, 5.74) is 1.36. The standard InChI is InChI=1S/C19H29N3O/c1-16-14-21(15-18-5-3-2-4-6-18)11-12-22(16)19(23)13-17-7-9-20-10-8-17/h2-6,16-17,20H,7-15H2,1H3/t16-/m1/s1. The van der Waals surface area contributed by atoms with E-state index in [2.05, 4.69) is 52.4 Å². The predicted octanol–water partition coefficient (Wildman–Crippen LogP) is 2.11. The Labute approximate surface area is 139 Å². The van der Waals surface area contributed by atoms with E-state index in [1.165, 1.54) is 5.56 Å². The lowest BCUT2D eigenvalue weighted by molar-refractivity contribution is -0.137. The molecule has 1 aromatic rings. The largest absolute Gasteiger partial charge is 0.337 e. The molecule has 0 aromatic heterocycles. The van der Waals surface area contributed by atoms with Gasteiger partial charge in [-0.05, 0) is 44.3 Å². The molecule has 126 valence electrons. The van der Waals surface area contributed by atoms with Crippen molar-refractivity contribution >= 4 is 5.91 Å². The Balaban J connectivity index is 1.48. The van der Waals surface area contributed by atoms with Crippen molar-refractivity contribution in [1.82, 2.24) is 15.1 Å². The molecule has 4 heteroatoms. The minimum Gasteiger partial charge on any atom is -0.337 e. The Morgan fingerprint density at radius 3 is 2.61 bits per heavy atom. The highest BCUT2D eigenvalue weighted by Crippen LogP contribution is 2.20. The first-order valence-electron chi connectivity index (χ1n) is 8.99. The van der Waals surface area contributed by atoms with Crippen LogP contribution in [0, 0.1) is 5.92 Å². The molecule has 1 atom stereocenters. The zero-order valence-electron chi connectivity index (χ0n) is 14.2. The van der Waals surface area contributed by atoms with Crippen molar-refractivity contribution in [2.75, 3.05) is 32.7 Å². The van der Waals surface area contributed by atoms with E-state index in [1.54, 1.807) is 0 Å². The first-order chi connectivity index (χ1) is 11.2. The number of carbonyl (C=O) groups excluding carboxylic acids is 1. The fourth-order valence-electron chi connectivity index (χ4n) is 3.84. The van der Waals surface area contributed by atoms with Gasteiger partial charge in [-0.15, -0.1) is 0 Å². The van der Waals surface area contributed by atoms with E-state index in [1.807, 2.05) is 0 Å². The first kappa shape index (κ1) is 16.5. The van der Waals surface area contributed by atoms with E-state index in [9.17, 15) is 4.79 Å². The van der Waals surface area contributed by atoms with Gasteiger partial charge in [-0.2, -0.15) is 0 Å². The lowest BCUT2D eigenvalue weighted by atomic mass is 9.93. The molecular formula is C19H29N3O. The molecule has 0 aliphatic carbocycles.